The van der Waals surface area contributed by atoms with Gasteiger partial charge in [0.05, 0.1) is 6.21 Å². The Kier molecular flexibility index (Phi) is 6.56. The molecule has 0 fully saturated rings. The zero-order chi connectivity index (χ0) is 16.5. The second-order valence-corrected chi connectivity index (χ2v) is 5.22. The summed E-state index contributed by atoms with van der Waals surface area (Å²) in [6, 6.07) is 13.2. The van der Waals surface area contributed by atoms with Gasteiger partial charge in [0.15, 0.2) is 6.61 Å². The molecule has 120 valence electrons. The van der Waals surface area contributed by atoms with Gasteiger partial charge >= 0.3 is 0 Å². The monoisotopic (exact) mass is 334 g/mol. The van der Waals surface area contributed by atoms with Crippen LogP contribution in [-0.4, -0.2) is 25.3 Å². The molecule has 0 aliphatic carbocycles. The Labute approximate surface area is 138 Å². The van der Waals surface area contributed by atoms with Gasteiger partial charge < -0.3 is 10.2 Å². The smallest absolute Gasteiger partial charge is 0.260 e. The molecule has 2 rings (SSSR count). The van der Waals surface area contributed by atoms with Gasteiger partial charge in [-0.1, -0.05) is 41.0 Å². The largest absolute Gasteiger partial charge is 0.386 e. The number of halogens is 2. The highest BCUT2D eigenvalue weighted by Gasteiger charge is 2.01. The second-order valence-electron chi connectivity index (χ2n) is 4.79. The van der Waals surface area contributed by atoms with Crippen molar-refractivity contribution in [3.8, 4) is 0 Å². The number of amides is 1. The van der Waals surface area contributed by atoms with Crippen LogP contribution in [0.5, 0.6) is 0 Å². The number of carbonyl (C=O) groups excluding carboxylic acids is 1. The Morgan fingerprint density at radius 2 is 1.87 bits per heavy atom. The second kappa shape index (κ2) is 8.90. The minimum Gasteiger partial charge on any atom is -0.386 e. The van der Waals surface area contributed by atoms with Crippen molar-refractivity contribution < 1.29 is 14.0 Å². The van der Waals surface area contributed by atoms with E-state index in [0.717, 1.165) is 5.56 Å². The molecule has 1 amide bonds. The van der Waals surface area contributed by atoms with E-state index in [0.29, 0.717) is 23.6 Å². The van der Waals surface area contributed by atoms with Crippen LogP contribution in [-0.2, 0) is 16.1 Å². The molecule has 0 aromatic heterocycles. The number of rotatable bonds is 7. The first-order chi connectivity index (χ1) is 11.1. The van der Waals surface area contributed by atoms with Crippen LogP contribution in [0.25, 0.3) is 0 Å². The van der Waals surface area contributed by atoms with Gasteiger partial charge in [-0.3, -0.25) is 4.79 Å². The molecule has 0 unspecified atom stereocenters. The molecule has 2 aromatic rings. The zero-order valence-electron chi connectivity index (χ0n) is 12.3. The predicted molar refractivity (Wildman–Crippen MR) is 88.1 cm³/mol. The molecule has 4 nitrogen and oxygen atoms in total. The van der Waals surface area contributed by atoms with Gasteiger partial charge in [0.25, 0.3) is 5.91 Å². The quantitative estimate of drug-likeness (QED) is 0.624. The lowest BCUT2D eigenvalue weighted by molar-refractivity contribution is -0.125. The summed E-state index contributed by atoms with van der Waals surface area (Å²) < 4.78 is 12.7. The van der Waals surface area contributed by atoms with Crippen LogP contribution in [0.3, 0.4) is 0 Å². The summed E-state index contributed by atoms with van der Waals surface area (Å²) >= 11 is 5.80. The maximum atomic E-state index is 12.7. The normalized spacial score (nSPS) is 10.7. The maximum Gasteiger partial charge on any atom is 0.260 e. The highest BCUT2D eigenvalue weighted by atomic mass is 35.5. The predicted octanol–water partition coefficient (Wildman–Crippen LogP) is 3.19. The molecule has 0 spiro atoms. The number of nitrogens with one attached hydrogen (secondary N) is 1. The average Bonchev–Trinajstić information content (AvgIpc) is 2.55. The summed E-state index contributed by atoms with van der Waals surface area (Å²) in [5.74, 6) is -0.571. The van der Waals surface area contributed by atoms with Crippen LogP contribution < -0.4 is 5.32 Å². The molecule has 0 radical (unpaired) electrons. The zero-order valence-corrected chi connectivity index (χ0v) is 13.1. The average molecular weight is 335 g/mol. The number of benzene rings is 2. The summed E-state index contributed by atoms with van der Waals surface area (Å²) in [6.45, 7) is 0.337. The molecule has 1 N–H and O–H groups in total. The molecule has 0 aliphatic rings. The molecule has 0 heterocycles. The fourth-order valence-corrected chi connectivity index (χ4v) is 1.92. The Bertz CT molecular complexity index is 657. The topological polar surface area (TPSA) is 50.7 Å². The van der Waals surface area contributed by atoms with E-state index in [1.807, 2.05) is 24.3 Å². The van der Waals surface area contributed by atoms with Crippen LogP contribution in [0.1, 0.15) is 11.1 Å². The van der Waals surface area contributed by atoms with E-state index in [1.165, 1.54) is 18.3 Å². The minimum atomic E-state index is -0.317. The molecule has 6 heteroatoms. The Balaban J connectivity index is 1.63. The van der Waals surface area contributed by atoms with Crippen molar-refractivity contribution >= 4 is 23.7 Å². The van der Waals surface area contributed by atoms with Crippen LogP contribution in [0.2, 0.25) is 5.02 Å². The maximum absolute atomic E-state index is 12.7. The van der Waals surface area contributed by atoms with Gasteiger partial charge in [-0.2, -0.15) is 0 Å². The summed E-state index contributed by atoms with van der Waals surface area (Å²) in [5, 5.41) is 7.08. The summed E-state index contributed by atoms with van der Waals surface area (Å²) in [4.78, 5) is 16.5. The third-order valence-electron chi connectivity index (χ3n) is 2.99. The molecule has 0 bridgehead atoms. The van der Waals surface area contributed by atoms with Gasteiger partial charge in [-0.15, -0.1) is 0 Å². The Hall–Kier alpha value is -2.40. The van der Waals surface area contributed by atoms with Crippen molar-refractivity contribution in [1.29, 1.82) is 0 Å². The van der Waals surface area contributed by atoms with Crippen LogP contribution >= 0.6 is 11.6 Å². The fourth-order valence-electron chi connectivity index (χ4n) is 1.79. The highest BCUT2D eigenvalue weighted by Crippen LogP contribution is 2.09. The molecule has 0 atom stereocenters. The third kappa shape index (κ3) is 6.48. The van der Waals surface area contributed by atoms with Gasteiger partial charge in [0.1, 0.15) is 5.82 Å². The Morgan fingerprint density at radius 3 is 2.57 bits per heavy atom. The molecular weight excluding hydrogens is 319 g/mol. The van der Waals surface area contributed by atoms with Crippen molar-refractivity contribution in [2.75, 3.05) is 13.2 Å². The molecule has 0 saturated heterocycles. The lowest BCUT2D eigenvalue weighted by Gasteiger charge is -2.04. The van der Waals surface area contributed by atoms with Crippen LogP contribution in [0.15, 0.2) is 53.7 Å². The standard InChI is InChI=1S/C17H16ClFN2O2/c18-15-5-1-13(2-6-15)9-10-20-17(22)12-23-21-11-14-3-7-16(19)8-4-14/h1-8,11H,9-10,12H2,(H,20,22). The van der Waals surface area contributed by atoms with Crippen molar-refractivity contribution in [3.05, 3.63) is 70.5 Å². The lowest BCUT2D eigenvalue weighted by Crippen LogP contribution is -2.28. The van der Waals surface area contributed by atoms with Gasteiger partial charge in [-0.25, -0.2) is 4.39 Å². The van der Waals surface area contributed by atoms with E-state index in [9.17, 15) is 9.18 Å². The van der Waals surface area contributed by atoms with E-state index >= 15 is 0 Å². The molecule has 0 aliphatic heterocycles. The first-order valence-corrected chi connectivity index (χ1v) is 7.43. The van der Waals surface area contributed by atoms with Crippen LogP contribution in [0.4, 0.5) is 4.39 Å². The number of hydrogen-bond donors (Lipinski definition) is 1. The first kappa shape index (κ1) is 17.0. The summed E-state index contributed by atoms with van der Waals surface area (Å²) in [5.41, 5.74) is 1.78. The third-order valence-corrected chi connectivity index (χ3v) is 3.24. The van der Waals surface area contributed by atoms with E-state index in [1.54, 1.807) is 12.1 Å². The lowest BCUT2D eigenvalue weighted by atomic mass is 10.1. The van der Waals surface area contributed by atoms with Crippen molar-refractivity contribution in [2.24, 2.45) is 5.16 Å². The number of oxime groups is 1. The van der Waals surface area contributed by atoms with E-state index in [-0.39, 0.29) is 18.3 Å². The van der Waals surface area contributed by atoms with Crippen molar-refractivity contribution in [2.45, 2.75) is 6.42 Å². The number of hydrogen-bond acceptors (Lipinski definition) is 3. The van der Waals surface area contributed by atoms with E-state index in [2.05, 4.69) is 10.5 Å². The fraction of sp³-hybridized carbons (Fsp3) is 0.176. The Morgan fingerprint density at radius 1 is 1.17 bits per heavy atom. The molecule has 2 aromatic carbocycles. The molecule has 0 saturated carbocycles. The van der Waals surface area contributed by atoms with Gasteiger partial charge in [0, 0.05) is 11.6 Å². The van der Waals surface area contributed by atoms with Gasteiger partial charge in [0.2, 0.25) is 0 Å². The highest BCUT2D eigenvalue weighted by molar-refractivity contribution is 6.30. The van der Waals surface area contributed by atoms with E-state index < -0.39 is 0 Å². The summed E-state index contributed by atoms with van der Waals surface area (Å²) in [6.07, 6.45) is 2.13. The van der Waals surface area contributed by atoms with Crippen molar-refractivity contribution in [1.82, 2.24) is 5.32 Å². The van der Waals surface area contributed by atoms with E-state index in [4.69, 9.17) is 16.4 Å². The van der Waals surface area contributed by atoms with Crippen molar-refractivity contribution in [3.63, 3.8) is 0 Å². The minimum absolute atomic E-state index is 0.168. The van der Waals surface area contributed by atoms with Crippen LogP contribution in [0, 0.1) is 5.82 Å². The SMILES string of the molecule is O=C(CON=Cc1ccc(F)cc1)NCCc1ccc(Cl)cc1. The first-order valence-electron chi connectivity index (χ1n) is 7.05. The number of carbonyl (C=O) groups is 1. The molecule has 23 heavy (non-hydrogen) atoms. The number of nitrogens with zero attached hydrogens (tertiary/aromatic N) is 1. The summed E-state index contributed by atoms with van der Waals surface area (Å²) in [7, 11) is 0. The van der Waals surface area contributed by atoms with Gasteiger partial charge in [-0.05, 0) is 41.8 Å². The molecular formula is C17H16ClFN2O2.